The van der Waals surface area contributed by atoms with Crippen LogP contribution in [0, 0.1) is 0 Å². The topological polar surface area (TPSA) is 72.2 Å². The van der Waals surface area contributed by atoms with E-state index in [2.05, 4.69) is 5.32 Å². The summed E-state index contributed by atoms with van der Waals surface area (Å²) in [5.74, 6) is -0.390. The van der Waals surface area contributed by atoms with Crippen LogP contribution in [0.4, 0.5) is 5.69 Å². The summed E-state index contributed by atoms with van der Waals surface area (Å²) in [7, 11) is 0. The van der Waals surface area contributed by atoms with Crippen molar-refractivity contribution in [3.8, 4) is 0 Å². The van der Waals surface area contributed by atoms with Crippen LogP contribution in [0.25, 0.3) is 0 Å². The summed E-state index contributed by atoms with van der Waals surface area (Å²) in [4.78, 5) is 22.6. The van der Waals surface area contributed by atoms with Crippen molar-refractivity contribution in [2.24, 2.45) is 5.73 Å². The molecule has 4 heteroatoms. The number of carbonyl (C=O) groups is 2. The summed E-state index contributed by atoms with van der Waals surface area (Å²) in [6, 6.07) is 6.25. The molecule has 4 nitrogen and oxygen atoms in total. The first-order chi connectivity index (χ1) is 7.02. The van der Waals surface area contributed by atoms with Crippen LogP contribution >= 0.6 is 0 Å². The highest BCUT2D eigenvalue weighted by molar-refractivity contribution is 6.04. The van der Waals surface area contributed by atoms with Gasteiger partial charge in [-0.2, -0.15) is 0 Å². The number of hydrogen-bond acceptors (Lipinski definition) is 3. The average Bonchev–Trinajstić information content (AvgIpc) is 2.18. The lowest BCUT2D eigenvalue weighted by molar-refractivity contribution is -0.117. The smallest absolute Gasteiger partial charge is 0.241 e. The summed E-state index contributed by atoms with van der Waals surface area (Å²) < 4.78 is 0. The van der Waals surface area contributed by atoms with E-state index in [1.807, 2.05) is 0 Å². The number of Topliss-reactive ketones (excluding diaryl/α,β-unsaturated/α-hetero) is 1. The van der Waals surface area contributed by atoms with Crippen LogP contribution in [0.2, 0.25) is 0 Å². The number of rotatable bonds is 3. The Labute approximate surface area is 88.5 Å². The summed E-state index contributed by atoms with van der Waals surface area (Å²) in [5.41, 5.74) is 6.41. The zero-order chi connectivity index (χ0) is 11.4. The molecular formula is C11H14N2O2. The Hall–Kier alpha value is -1.68. The third kappa shape index (κ3) is 2.89. The molecule has 0 aliphatic carbocycles. The SMILES string of the molecule is CC(=O)c1ccccc1NC(=O)C(C)N. The monoisotopic (exact) mass is 206 g/mol. The standard InChI is InChI=1S/C11H14N2O2/c1-7(12)11(15)13-10-6-4-3-5-9(10)8(2)14/h3-7H,12H2,1-2H3,(H,13,15). The number of benzene rings is 1. The zero-order valence-electron chi connectivity index (χ0n) is 8.78. The van der Waals surface area contributed by atoms with Gasteiger partial charge in [0.15, 0.2) is 5.78 Å². The molecule has 0 aliphatic rings. The maximum absolute atomic E-state index is 11.3. The first-order valence-corrected chi connectivity index (χ1v) is 4.68. The minimum atomic E-state index is -0.593. The van der Waals surface area contributed by atoms with E-state index >= 15 is 0 Å². The number of nitrogens with one attached hydrogen (secondary N) is 1. The molecule has 1 unspecified atom stereocenters. The molecule has 0 aliphatic heterocycles. The van der Waals surface area contributed by atoms with Crippen LogP contribution in [0.15, 0.2) is 24.3 Å². The largest absolute Gasteiger partial charge is 0.324 e. The Morgan fingerprint density at radius 3 is 2.47 bits per heavy atom. The fourth-order valence-corrected chi connectivity index (χ4v) is 1.15. The molecule has 15 heavy (non-hydrogen) atoms. The molecule has 0 saturated carbocycles. The highest BCUT2D eigenvalue weighted by Crippen LogP contribution is 2.15. The Morgan fingerprint density at radius 1 is 1.33 bits per heavy atom. The van der Waals surface area contributed by atoms with Crippen LogP contribution < -0.4 is 11.1 Å². The van der Waals surface area contributed by atoms with Gasteiger partial charge >= 0.3 is 0 Å². The molecule has 0 aromatic heterocycles. The molecule has 0 heterocycles. The van der Waals surface area contributed by atoms with E-state index in [0.717, 1.165) is 0 Å². The molecule has 0 fully saturated rings. The number of para-hydroxylation sites is 1. The predicted molar refractivity (Wildman–Crippen MR) is 58.7 cm³/mol. The normalized spacial score (nSPS) is 11.9. The lowest BCUT2D eigenvalue weighted by Crippen LogP contribution is -2.32. The van der Waals surface area contributed by atoms with Crippen LogP contribution in [0.1, 0.15) is 24.2 Å². The van der Waals surface area contributed by atoms with Crippen LogP contribution in [-0.2, 0) is 4.79 Å². The Bertz CT molecular complexity index is 386. The minimum absolute atomic E-state index is 0.0874. The summed E-state index contributed by atoms with van der Waals surface area (Å²) >= 11 is 0. The van der Waals surface area contributed by atoms with Gasteiger partial charge in [-0.1, -0.05) is 12.1 Å². The number of carbonyl (C=O) groups excluding carboxylic acids is 2. The van der Waals surface area contributed by atoms with Crippen molar-refractivity contribution in [2.45, 2.75) is 19.9 Å². The maximum Gasteiger partial charge on any atom is 0.241 e. The van der Waals surface area contributed by atoms with E-state index in [1.165, 1.54) is 6.92 Å². The van der Waals surface area contributed by atoms with Gasteiger partial charge < -0.3 is 11.1 Å². The van der Waals surface area contributed by atoms with Gasteiger partial charge in [-0.3, -0.25) is 9.59 Å². The fourth-order valence-electron chi connectivity index (χ4n) is 1.15. The molecule has 1 aromatic rings. The zero-order valence-corrected chi connectivity index (χ0v) is 8.78. The number of hydrogen-bond donors (Lipinski definition) is 2. The van der Waals surface area contributed by atoms with Crippen LogP contribution in [0.5, 0.6) is 0 Å². The Kier molecular flexibility index (Phi) is 3.57. The minimum Gasteiger partial charge on any atom is -0.324 e. The Balaban J connectivity index is 2.94. The van der Waals surface area contributed by atoms with Crippen molar-refractivity contribution in [3.63, 3.8) is 0 Å². The number of anilines is 1. The van der Waals surface area contributed by atoms with Crippen LogP contribution in [0.3, 0.4) is 0 Å². The summed E-state index contributed by atoms with van der Waals surface area (Å²) in [5, 5.41) is 2.61. The van der Waals surface area contributed by atoms with Gasteiger partial charge in [0, 0.05) is 5.56 Å². The first kappa shape index (κ1) is 11.4. The molecule has 0 bridgehead atoms. The molecule has 1 atom stereocenters. The van der Waals surface area contributed by atoms with E-state index in [9.17, 15) is 9.59 Å². The highest BCUT2D eigenvalue weighted by Gasteiger charge is 2.11. The lowest BCUT2D eigenvalue weighted by atomic mass is 10.1. The van der Waals surface area contributed by atoms with Gasteiger partial charge in [0.05, 0.1) is 11.7 Å². The summed E-state index contributed by atoms with van der Waals surface area (Å²) in [6.45, 7) is 3.04. The molecule has 0 spiro atoms. The molecule has 1 rings (SSSR count). The van der Waals surface area contributed by atoms with Crippen molar-refractivity contribution >= 4 is 17.4 Å². The average molecular weight is 206 g/mol. The van der Waals surface area contributed by atoms with Crippen LogP contribution in [-0.4, -0.2) is 17.7 Å². The third-order valence-electron chi connectivity index (χ3n) is 1.98. The predicted octanol–water partition coefficient (Wildman–Crippen LogP) is 1.17. The molecule has 1 amide bonds. The molecule has 0 saturated heterocycles. The van der Waals surface area contributed by atoms with Gasteiger partial charge in [0.25, 0.3) is 0 Å². The maximum atomic E-state index is 11.3. The van der Waals surface area contributed by atoms with Gasteiger partial charge in [-0.15, -0.1) is 0 Å². The van der Waals surface area contributed by atoms with E-state index in [0.29, 0.717) is 11.3 Å². The van der Waals surface area contributed by atoms with Crippen molar-refractivity contribution in [2.75, 3.05) is 5.32 Å². The number of amides is 1. The van der Waals surface area contributed by atoms with Gasteiger partial charge in [0.1, 0.15) is 0 Å². The van der Waals surface area contributed by atoms with E-state index in [1.54, 1.807) is 31.2 Å². The second-order valence-corrected chi connectivity index (χ2v) is 3.38. The van der Waals surface area contributed by atoms with E-state index < -0.39 is 6.04 Å². The lowest BCUT2D eigenvalue weighted by Gasteiger charge is -2.10. The Morgan fingerprint density at radius 2 is 1.93 bits per heavy atom. The van der Waals surface area contributed by atoms with Crippen molar-refractivity contribution in [1.29, 1.82) is 0 Å². The molecule has 3 N–H and O–H groups in total. The summed E-state index contributed by atoms with van der Waals surface area (Å²) in [6.07, 6.45) is 0. The highest BCUT2D eigenvalue weighted by atomic mass is 16.2. The fraction of sp³-hybridized carbons (Fsp3) is 0.273. The van der Waals surface area contributed by atoms with Gasteiger partial charge in [-0.05, 0) is 26.0 Å². The number of ketones is 1. The van der Waals surface area contributed by atoms with Crippen molar-refractivity contribution in [1.82, 2.24) is 0 Å². The number of nitrogens with two attached hydrogens (primary N) is 1. The van der Waals surface area contributed by atoms with Gasteiger partial charge in [-0.25, -0.2) is 0 Å². The molecular weight excluding hydrogens is 192 g/mol. The second-order valence-electron chi connectivity index (χ2n) is 3.38. The molecule has 0 radical (unpaired) electrons. The third-order valence-corrected chi connectivity index (χ3v) is 1.98. The molecule has 80 valence electrons. The van der Waals surface area contributed by atoms with E-state index in [4.69, 9.17) is 5.73 Å². The van der Waals surface area contributed by atoms with Gasteiger partial charge in [0.2, 0.25) is 5.91 Å². The quantitative estimate of drug-likeness (QED) is 0.729. The van der Waals surface area contributed by atoms with Crippen molar-refractivity contribution < 1.29 is 9.59 Å². The van der Waals surface area contributed by atoms with E-state index in [-0.39, 0.29) is 11.7 Å². The van der Waals surface area contributed by atoms with Crippen molar-refractivity contribution in [3.05, 3.63) is 29.8 Å². The second kappa shape index (κ2) is 4.70. The molecule has 1 aromatic carbocycles. The first-order valence-electron chi connectivity index (χ1n) is 4.68.